The maximum Gasteiger partial charge on any atom is 0.234 e. The van der Waals surface area contributed by atoms with Crippen molar-refractivity contribution in [3.8, 4) is 0 Å². The van der Waals surface area contributed by atoms with E-state index in [4.69, 9.17) is 10.5 Å². The molecule has 0 aliphatic carbocycles. The summed E-state index contributed by atoms with van der Waals surface area (Å²) in [5, 5.41) is 0. The number of carbonyl (C=O) groups excluding carboxylic acids is 1. The standard InChI is InChI=1S/C17H26N2O2.ClH/c1-13(2)14-4-6-15(7-5-14)19(3)16(20)17(12-18)8-10-21-11-9-17;/h4-7,13H,8-12,18H2,1-3H3;1H. The lowest BCUT2D eigenvalue weighted by molar-refractivity contribution is -0.132. The molecule has 0 radical (unpaired) electrons. The van der Waals surface area contributed by atoms with Gasteiger partial charge in [0.2, 0.25) is 5.91 Å². The second-order valence-electron chi connectivity index (χ2n) is 6.21. The monoisotopic (exact) mass is 326 g/mol. The van der Waals surface area contributed by atoms with Gasteiger partial charge >= 0.3 is 0 Å². The zero-order valence-corrected chi connectivity index (χ0v) is 14.5. The minimum absolute atomic E-state index is 0. The number of amides is 1. The van der Waals surface area contributed by atoms with Crippen LogP contribution in [0, 0.1) is 5.41 Å². The lowest BCUT2D eigenvalue weighted by Crippen LogP contribution is -2.49. The molecule has 1 aromatic carbocycles. The second-order valence-corrected chi connectivity index (χ2v) is 6.21. The molecule has 1 aliphatic heterocycles. The van der Waals surface area contributed by atoms with Crippen molar-refractivity contribution in [3.05, 3.63) is 29.8 Å². The molecular weight excluding hydrogens is 300 g/mol. The molecule has 2 N–H and O–H groups in total. The van der Waals surface area contributed by atoms with E-state index in [0.717, 1.165) is 5.69 Å². The number of halogens is 1. The van der Waals surface area contributed by atoms with Crippen molar-refractivity contribution in [3.63, 3.8) is 0 Å². The highest BCUT2D eigenvalue weighted by atomic mass is 35.5. The molecule has 1 aliphatic rings. The number of nitrogens with zero attached hydrogens (tertiary/aromatic N) is 1. The van der Waals surface area contributed by atoms with E-state index in [2.05, 4.69) is 26.0 Å². The maximum absolute atomic E-state index is 12.9. The summed E-state index contributed by atoms with van der Waals surface area (Å²) in [6.45, 7) is 5.93. The Balaban J connectivity index is 0.00000242. The summed E-state index contributed by atoms with van der Waals surface area (Å²) in [6.07, 6.45) is 1.41. The topological polar surface area (TPSA) is 55.6 Å². The number of hydrogen-bond acceptors (Lipinski definition) is 3. The van der Waals surface area contributed by atoms with Crippen molar-refractivity contribution in [2.45, 2.75) is 32.6 Å². The highest BCUT2D eigenvalue weighted by Crippen LogP contribution is 2.33. The van der Waals surface area contributed by atoms with Crippen LogP contribution in [-0.4, -0.2) is 32.7 Å². The summed E-state index contributed by atoms with van der Waals surface area (Å²) in [5.74, 6) is 0.594. The summed E-state index contributed by atoms with van der Waals surface area (Å²) in [5.41, 5.74) is 7.64. The Morgan fingerprint density at radius 3 is 2.27 bits per heavy atom. The molecule has 5 heteroatoms. The van der Waals surface area contributed by atoms with E-state index in [-0.39, 0.29) is 18.3 Å². The SMILES string of the molecule is CC(C)c1ccc(N(C)C(=O)C2(CN)CCOCC2)cc1.Cl. The summed E-state index contributed by atoms with van der Waals surface area (Å²) < 4.78 is 5.38. The average molecular weight is 327 g/mol. The first-order valence-corrected chi connectivity index (χ1v) is 7.66. The maximum atomic E-state index is 12.9. The van der Waals surface area contributed by atoms with E-state index in [0.29, 0.717) is 38.5 Å². The summed E-state index contributed by atoms with van der Waals surface area (Å²) in [6, 6.07) is 8.19. The van der Waals surface area contributed by atoms with Gasteiger partial charge in [-0.15, -0.1) is 12.4 Å². The molecule has 22 heavy (non-hydrogen) atoms. The molecule has 0 atom stereocenters. The van der Waals surface area contributed by atoms with Crippen molar-refractivity contribution < 1.29 is 9.53 Å². The molecule has 1 saturated heterocycles. The average Bonchev–Trinajstić information content (AvgIpc) is 2.54. The van der Waals surface area contributed by atoms with Crippen molar-refractivity contribution in [1.29, 1.82) is 0 Å². The van der Waals surface area contributed by atoms with Crippen LogP contribution in [0.3, 0.4) is 0 Å². The van der Waals surface area contributed by atoms with E-state index in [1.54, 1.807) is 4.90 Å². The minimum Gasteiger partial charge on any atom is -0.381 e. The van der Waals surface area contributed by atoms with Crippen LogP contribution in [0.5, 0.6) is 0 Å². The predicted molar refractivity (Wildman–Crippen MR) is 92.7 cm³/mol. The first-order valence-electron chi connectivity index (χ1n) is 7.66. The van der Waals surface area contributed by atoms with Gasteiger partial charge < -0.3 is 15.4 Å². The molecule has 1 heterocycles. The lowest BCUT2D eigenvalue weighted by Gasteiger charge is -2.37. The van der Waals surface area contributed by atoms with Crippen molar-refractivity contribution in [1.82, 2.24) is 0 Å². The van der Waals surface area contributed by atoms with Gasteiger partial charge in [-0.3, -0.25) is 4.79 Å². The number of rotatable bonds is 4. The summed E-state index contributed by atoms with van der Waals surface area (Å²) in [4.78, 5) is 14.6. The van der Waals surface area contributed by atoms with Crippen LogP contribution in [0.1, 0.15) is 38.2 Å². The first-order chi connectivity index (χ1) is 10.00. The smallest absolute Gasteiger partial charge is 0.234 e. The van der Waals surface area contributed by atoms with Crippen LogP contribution >= 0.6 is 12.4 Å². The zero-order chi connectivity index (χ0) is 15.5. The summed E-state index contributed by atoms with van der Waals surface area (Å²) >= 11 is 0. The third kappa shape index (κ3) is 3.80. The van der Waals surface area contributed by atoms with Gasteiger partial charge in [0.25, 0.3) is 0 Å². The molecule has 0 unspecified atom stereocenters. The Morgan fingerprint density at radius 2 is 1.82 bits per heavy atom. The highest BCUT2D eigenvalue weighted by molar-refractivity contribution is 5.97. The van der Waals surface area contributed by atoms with Crippen molar-refractivity contribution >= 4 is 24.0 Å². The molecule has 0 spiro atoms. The minimum atomic E-state index is -0.469. The molecule has 0 saturated carbocycles. The van der Waals surface area contributed by atoms with E-state index < -0.39 is 5.41 Å². The predicted octanol–water partition coefficient (Wildman–Crippen LogP) is 2.95. The van der Waals surface area contributed by atoms with Crippen LogP contribution < -0.4 is 10.6 Å². The quantitative estimate of drug-likeness (QED) is 0.925. The van der Waals surface area contributed by atoms with Gasteiger partial charge in [0.15, 0.2) is 0 Å². The van der Waals surface area contributed by atoms with Crippen molar-refractivity contribution in [2.75, 3.05) is 31.7 Å². The molecule has 1 fully saturated rings. The number of ether oxygens (including phenoxy) is 1. The molecule has 1 amide bonds. The van der Waals surface area contributed by atoms with Gasteiger partial charge in [-0.2, -0.15) is 0 Å². The number of hydrogen-bond donors (Lipinski definition) is 1. The summed E-state index contributed by atoms with van der Waals surface area (Å²) in [7, 11) is 1.83. The zero-order valence-electron chi connectivity index (χ0n) is 13.7. The Kier molecular flexibility index (Phi) is 6.85. The molecular formula is C17H27ClN2O2. The van der Waals surface area contributed by atoms with Crippen LogP contribution in [0.2, 0.25) is 0 Å². The fourth-order valence-electron chi connectivity index (χ4n) is 2.82. The Bertz CT molecular complexity index is 482. The number of nitrogens with two attached hydrogens (primary N) is 1. The Morgan fingerprint density at radius 1 is 1.27 bits per heavy atom. The number of benzene rings is 1. The molecule has 4 nitrogen and oxygen atoms in total. The molecule has 1 aromatic rings. The van der Waals surface area contributed by atoms with Gasteiger partial charge in [0.05, 0.1) is 5.41 Å². The van der Waals surface area contributed by atoms with E-state index >= 15 is 0 Å². The van der Waals surface area contributed by atoms with Gasteiger partial charge in [-0.1, -0.05) is 26.0 Å². The van der Waals surface area contributed by atoms with Crippen molar-refractivity contribution in [2.24, 2.45) is 11.1 Å². The highest BCUT2D eigenvalue weighted by Gasteiger charge is 2.40. The van der Waals surface area contributed by atoms with E-state index in [1.807, 2.05) is 19.2 Å². The van der Waals surface area contributed by atoms with Gasteiger partial charge in [0, 0.05) is 32.5 Å². The van der Waals surface area contributed by atoms with Crippen LogP contribution in [0.15, 0.2) is 24.3 Å². The van der Waals surface area contributed by atoms with Crippen LogP contribution in [-0.2, 0) is 9.53 Å². The fraction of sp³-hybridized carbons (Fsp3) is 0.588. The molecule has 124 valence electrons. The molecule has 0 bridgehead atoms. The third-order valence-electron chi connectivity index (χ3n) is 4.55. The van der Waals surface area contributed by atoms with E-state index in [1.165, 1.54) is 5.56 Å². The lowest BCUT2D eigenvalue weighted by atomic mass is 9.79. The third-order valence-corrected chi connectivity index (χ3v) is 4.55. The molecule has 2 rings (SSSR count). The molecule has 0 aromatic heterocycles. The van der Waals surface area contributed by atoms with Crippen LogP contribution in [0.4, 0.5) is 5.69 Å². The van der Waals surface area contributed by atoms with Gasteiger partial charge in [0.1, 0.15) is 0 Å². The van der Waals surface area contributed by atoms with Gasteiger partial charge in [-0.05, 0) is 36.5 Å². The second kappa shape index (κ2) is 7.95. The first kappa shape index (κ1) is 18.9. The fourth-order valence-corrected chi connectivity index (χ4v) is 2.82. The number of carbonyl (C=O) groups is 1. The Labute approximate surface area is 139 Å². The van der Waals surface area contributed by atoms with Crippen LogP contribution in [0.25, 0.3) is 0 Å². The number of anilines is 1. The van der Waals surface area contributed by atoms with E-state index in [9.17, 15) is 4.79 Å². The Hall–Kier alpha value is -1.10. The largest absolute Gasteiger partial charge is 0.381 e. The normalized spacial score (nSPS) is 17.0. The van der Waals surface area contributed by atoms with Gasteiger partial charge in [-0.25, -0.2) is 0 Å².